The first kappa shape index (κ1) is 16.5. The highest BCUT2D eigenvalue weighted by Gasteiger charge is 2.50. The van der Waals surface area contributed by atoms with Gasteiger partial charge in [-0.05, 0) is 48.0 Å². The summed E-state index contributed by atoms with van der Waals surface area (Å²) in [5.41, 5.74) is 1.18. The van der Waals surface area contributed by atoms with Crippen molar-refractivity contribution >= 4 is 5.95 Å². The third-order valence-corrected chi connectivity index (χ3v) is 6.18. The second-order valence-corrected chi connectivity index (χ2v) is 7.72. The molecule has 1 aliphatic carbocycles. The SMILES string of the molecule is O[C@]1(c2ccccc2)CCC[C@@H]2CN(c3noc(-c4ccccc4)n3)C[C@@H]21. The average Bonchev–Trinajstić information content (AvgIpc) is 3.37. The van der Waals surface area contributed by atoms with Gasteiger partial charge in [0.25, 0.3) is 11.8 Å². The van der Waals surface area contributed by atoms with Gasteiger partial charge in [-0.2, -0.15) is 4.98 Å². The van der Waals surface area contributed by atoms with E-state index in [0.29, 0.717) is 17.8 Å². The van der Waals surface area contributed by atoms with Crippen molar-refractivity contribution in [1.29, 1.82) is 0 Å². The molecule has 0 unspecified atom stereocenters. The van der Waals surface area contributed by atoms with E-state index < -0.39 is 5.60 Å². The minimum atomic E-state index is -0.773. The van der Waals surface area contributed by atoms with Crippen molar-refractivity contribution in [3.63, 3.8) is 0 Å². The summed E-state index contributed by atoms with van der Waals surface area (Å²) in [4.78, 5) is 6.78. The molecule has 3 aromatic rings. The standard InChI is InChI=1S/C22H23N3O2/c26-22(18-11-5-2-6-12-18)13-7-10-17-14-25(15-19(17)22)21-23-20(27-24-21)16-8-3-1-4-9-16/h1-6,8-9,11-12,17,19,26H,7,10,13-15H2/t17-,19+,22+/m1/s1. The molecule has 3 atom stereocenters. The van der Waals surface area contributed by atoms with Crippen molar-refractivity contribution in [3.8, 4) is 11.5 Å². The Morgan fingerprint density at radius 3 is 2.52 bits per heavy atom. The fraction of sp³-hybridized carbons (Fsp3) is 0.364. The molecular weight excluding hydrogens is 338 g/mol. The maximum atomic E-state index is 11.6. The van der Waals surface area contributed by atoms with Crippen molar-refractivity contribution in [2.75, 3.05) is 18.0 Å². The van der Waals surface area contributed by atoms with E-state index in [0.717, 1.165) is 43.5 Å². The average molecular weight is 361 g/mol. The van der Waals surface area contributed by atoms with Crippen LogP contribution in [0, 0.1) is 11.8 Å². The largest absolute Gasteiger partial charge is 0.385 e. The summed E-state index contributed by atoms with van der Waals surface area (Å²) in [6.45, 7) is 1.62. The number of hydrogen-bond donors (Lipinski definition) is 1. The Morgan fingerprint density at radius 2 is 1.74 bits per heavy atom. The van der Waals surface area contributed by atoms with E-state index in [4.69, 9.17) is 4.52 Å². The number of benzene rings is 2. The first-order valence-corrected chi connectivity index (χ1v) is 9.66. The van der Waals surface area contributed by atoms with E-state index in [9.17, 15) is 5.11 Å². The Morgan fingerprint density at radius 1 is 1.00 bits per heavy atom. The maximum absolute atomic E-state index is 11.6. The molecule has 5 heteroatoms. The highest BCUT2D eigenvalue weighted by molar-refractivity contribution is 5.54. The summed E-state index contributed by atoms with van der Waals surface area (Å²) in [5.74, 6) is 1.80. The van der Waals surface area contributed by atoms with Crippen LogP contribution in [-0.4, -0.2) is 28.3 Å². The van der Waals surface area contributed by atoms with E-state index in [1.807, 2.05) is 60.7 Å². The molecule has 1 aromatic heterocycles. The number of aliphatic hydroxyl groups is 1. The fourth-order valence-corrected chi connectivity index (χ4v) is 4.81. The lowest BCUT2D eigenvalue weighted by atomic mass is 9.67. The van der Waals surface area contributed by atoms with Gasteiger partial charge in [0.1, 0.15) is 0 Å². The lowest BCUT2D eigenvalue weighted by Gasteiger charge is -2.41. The van der Waals surface area contributed by atoms with Crippen LogP contribution in [0.25, 0.3) is 11.5 Å². The molecule has 27 heavy (non-hydrogen) atoms. The molecule has 0 spiro atoms. The summed E-state index contributed by atoms with van der Waals surface area (Å²) < 4.78 is 5.49. The second kappa shape index (κ2) is 6.50. The molecule has 1 N–H and O–H groups in total. The molecule has 2 aliphatic rings. The van der Waals surface area contributed by atoms with Crippen LogP contribution in [-0.2, 0) is 5.60 Å². The first-order valence-electron chi connectivity index (χ1n) is 9.66. The van der Waals surface area contributed by atoms with Gasteiger partial charge >= 0.3 is 0 Å². The summed E-state index contributed by atoms with van der Waals surface area (Å²) in [6.07, 6.45) is 3.00. The molecule has 2 aromatic carbocycles. The van der Waals surface area contributed by atoms with Crippen LogP contribution in [0.2, 0.25) is 0 Å². The molecule has 1 aliphatic heterocycles. The summed E-state index contributed by atoms with van der Waals surface area (Å²) in [6, 6.07) is 19.9. The molecule has 0 bridgehead atoms. The molecule has 2 fully saturated rings. The van der Waals surface area contributed by atoms with Crippen molar-refractivity contribution in [3.05, 3.63) is 66.2 Å². The number of anilines is 1. The van der Waals surface area contributed by atoms with Gasteiger partial charge in [0, 0.05) is 24.6 Å². The van der Waals surface area contributed by atoms with Gasteiger partial charge in [-0.25, -0.2) is 0 Å². The van der Waals surface area contributed by atoms with Gasteiger partial charge in [0.15, 0.2) is 0 Å². The molecule has 1 saturated carbocycles. The Bertz CT molecular complexity index is 912. The van der Waals surface area contributed by atoms with Crippen LogP contribution < -0.4 is 4.90 Å². The maximum Gasteiger partial charge on any atom is 0.266 e. The van der Waals surface area contributed by atoms with Crippen LogP contribution in [0.15, 0.2) is 65.2 Å². The smallest absolute Gasteiger partial charge is 0.266 e. The van der Waals surface area contributed by atoms with Crippen LogP contribution in [0.5, 0.6) is 0 Å². The van der Waals surface area contributed by atoms with Crippen LogP contribution in [0.1, 0.15) is 24.8 Å². The highest BCUT2D eigenvalue weighted by Crippen LogP contribution is 2.48. The van der Waals surface area contributed by atoms with E-state index in [1.165, 1.54) is 0 Å². The molecular formula is C22H23N3O2. The van der Waals surface area contributed by atoms with Crippen molar-refractivity contribution in [2.45, 2.75) is 24.9 Å². The Balaban J connectivity index is 1.41. The van der Waals surface area contributed by atoms with E-state index in [2.05, 4.69) is 15.0 Å². The normalized spacial score (nSPS) is 27.5. The lowest BCUT2D eigenvalue weighted by molar-refractivity contribution is -0.0631. The third kappa shape index (κ3) is 2.82. The monoisotopic (exact) mass is 361 g/mol. The zero-order chi connectivity index (χ0) is 18.3. The van der Waals surface area contributed by atoms with Crippen molar-refractivity contribution < 1.29 is 9.63 Å². The van der Waals surface area contributed by atoms with Gasteiger partial charge in [-0.15, -0.1) is 0 Å². The minimum absolute atomic E-state index is 0.187. The Hall–Kier alpha value is -2.66. The quantitative estimate of drug-likeness (QED) is 0.767. The van der Waals surface area contributed by atoms with Crippen LogP contribution >= 0.6 is 0 Å². The summed E-state index contributed by atoms with van der Waals surface area (Å²) >= 11 is 0. The number of rotatable bonds is 3. The molecule has 1 saturated heterocycles. The zero-order valence-corrected chi connectivity index (χ0v) is 15.2. The highest BCUT2D eigenvalue weighted by atomic mass is 16.5. The number of fused-ring (bicyclic) bond motifs is 1. The Kier molecular flexibility index (Phi) is 3.97. The van der Waals surface area contributed by atoms with Crippen LogP contribution in [0.4, 0.5) is 5.95 Å². The predicted octanol–water partition coefficient (Wildman–Crippen LogP) is 3.86. The first-order chi connectivity index (χ1) is 13.2. The van der Waals surface area contributed by atoms with E-state index in [-0.39, 0.29) is 5.92 Å². The van der Waals surface area contributed by atoms with Gasteiger partial charge in [-0.1, -0.05) is 48.5 Å². The summed E-state index contributed by atoms with van der Waals surface area (Å²) in [7, 11) is 0. The number of aromatic nitrogens is 2. The molecule has 0 amide bonds. The van der Waals surface area contributed by atoms with Gasteiger partial charge in [-0.3, -0.25) is 0 Å². The zero-order valence-electron chi connectivity index (χ0n) is 15.2. The molecule has 0 radical (unpaired) electrons. The van der Waals surface area contributed by atoms with Crippen molar-refractivity contribution in [2.24, 2.45) is 11.8 Å². The minimum Gasteiger partial charge on any atom is -0.385 e. The van der Waals surface area contributed by atoms with E-state index >= 15 is 0 Å². The van der Waals surface area contributed by atoms with Crippen molar-refractivity contribution in [1.82, 2.24) is 10.1 Å². The second-order valence-electron chi connectivity index (χ2n) is 7.72. The molecule has 138 valence electrons. The van der Waals surface area contributed by atoms with Crippen LogP contribution in [0.3, 0.4) is 0 Å². The number of nitrogens with zero attached hydrogens (tertiary/aromatic N) is 3. The predicted molar refractivity (Wildman–Crippen MR) is 103 cm³/mol. The topological polar surface area (TPSA) is 62.4 Å². The van der Waals surface area contributed by atoms with E-state index in [1.54, 1.807) is 0 Å². The lowest BCUT2D eigenvalue weighted by Crippen LogP contribution is -2.42. The molecule has 2 heterocycles. The number of hydrogen-bond acceptors (Lipinski definition) is 5. The fourth-order valence-electron chi connectivity index (χ4n) is 4.81. The van der Waals surface area contributed by atoms with Gasteiger partial charge < -0.3 is 14.5 Å². The molecule has 5 nitrogen and oxygen atoms in total. The van der Waals surface area contributed by atoms with Gasteiger partial charge in [0.05, 0.1) is 5.60 Å². The third-order valence-electron chi connectivity index (χ3n) is 6.18. The summed E-state index contributed by atoms with van der Waals surface area (Å²) in [5, 5.41) is 15.8. The van der Waals surface area contributed by atoms with Gasteiger partial charge in [0.2, 0.25) is 0 Å². The Labute approximate surface area is 158 Å². The molecule has 5 rings (SSSR count).